The average molecular weight is 330 g/mol. The number of unbranched alkanes of at least 4 members (excludes halogenated alkanes) is 1. The lowest BCUT2D eigenvalue weighted by molar-refractivity contribution is 0.624. The molecule has 0 spiro atoms. The zero-order valence-corrected chi connectivity index (χ0v) is 14.0. The molecule has 1 fully saturated rings. The van der Waals surface area contributed by atoms with Crippen molar-refractivity contribution in [1.82, 2.24) is 15.2 Å². The minimum Gasteiger partial charge on any atom is -0.368 e. The summed E-state index contributed by atoms with van der Waals surface area (Å²) in [4.78, 5) is 9.01. The fourth-order valence-corrected chi connectivity index (χ4v) is 2.74. The first-order chi connectivity index (χ1) is 11.8. The second-order valence-electron chi connectivity index (χ2n) is 5.87. The van der Waals surface area contributed by atoms with Gasteiger partial charge in [-0.15, -0.1) is 5.10 Å². The number of nitrogens with one attached hydrogen (secondary N) is 1. The Balaban J connectivity index is 1.58. The summed E-state index contributed by atoms with van der Waals surface area (Å²) in [6.45, 7) is 6.45. The van der Waals surface area contributed by atoms with Crippen LogP contribution in [0.5, 0.6) is 0 Å². The third-order valence-electron chi connectivity index (χ3n) is 4.15. The Labute approximate surface area is 141 Å². The quantitative estimate of drug-likeness (QED) is 0.822. The smallest absolute Gasteiger partial charge is 0.244 e. The molecule has 0 aliphatic carbocycles. The van der Waals surface area contributed by atoms with Crippen molar-refractivity contribution in [3.8, 4) is 0 Å². The summed E-state index contributed by atoms with van der Waals surface area (Å²) in [5.41, 5.74) is 1.05. The van der Waals surface area contributed by atoms with E-state index in [0.717, 1.165) is 57.1 Å². The molecule has 0 atom stereocenters. The standard InChI is InChI=1S/C17H23FN6/c1-2-3-8-19-17-21-16(13-20-22-17)24-11-9-23(10-12-24)15-6-4-14(18)5-7-15/h4-7,13H,2-3,8-12H2,1H3,(H,19,21,22). The third-order valence-corrected chi connectivity index (χ3v) is 4.15. The second-order valence-corrected chi connectivity index (χ2v) is 5.87. The highest BCUT2D eigenvalue weighted by atomic mass is 19.1. The van der Waals surface area contributed by atoms with Crippen LogP contribution in [0.4, 0.5) is 21.8 Å². The molecule has 3 rings (SSSR count). The van der Waals surface area contributed by atoms with Crippen molar-refractivity contribution >= 4 is 17.5 Å². The van der Waals surface area contributed by atoms with Gasteiger partial charge in [-0.2, -0.15) is 10.1 Å². The molecular formula is C17H23FN6. The topological polar surface area (TPSA) is 57.2 Å². The predicted octanol–water partition coefficient (Wildman–Crippen LogP) is 2.55. The van der Waals surface area contributed by atoms with E-state index in [-0.39, 0.29) is 5.82 Å². The Bertz CT molecular complexity index is 640. The van der Waals surface area contributed by atoms with Crippen LogP contribution in [0.3, 0.4) is 0 Å². The van der Waals surface area contributed by atoms with Crippen LogP contribution in [-0.2, 0) is 0 Å². The molecule has 0 radical (unpaired) electrons. The molecule has 1 N–H and O–H groups in total. The van der Waals surface area contributed by atoms with Crippen molar-refractivity contribution in [2.75, 3.05) is 47.8 Å². The summed E-state index contributed by atoms with van der Waals surface area (Å²) < 4.78 is 13.0. The minimum absolute atomic E-state index is 0.201. The van der Waals surface area contributed by atoms with Crippen LogP contribution < -0.4 is 15.1 Å². The predicted molar refractivity (Wildman–Crippen MR) is 94.1 cm³/mol. The number of nitrogens with zero attached hydrogens (tertiary/aromatic N) is 5. The monoisotopic (exact) mass is 330 g/mol. The van der Waals surface area contributed by atoms with Gasteiger partial charge in [0.05, 0.1) is 6.20 Å². The highest BCUT2D eigenvalue weighted by molar-refractivity contribution is 5.49. The zero-order valence-electron chi connectivity index (χ0n) is 14.0. The first kappa shape index (κ1) is 16.4. The van der Waals surface area contributed by atoms with E-state index in [2.05, 4.69) is 37.2 Å². The zero-order chi connectivity index (χ0) is 16.8. The molecule has 6 nitrogen and oxygen atoms in total. The molecule has 0 bridgehead atoms. The van der Waals surface area contributed by atoms with E-state index in [0.29, 0.717) is 5.95 Å². The fraction of sp³-hybridized carbons (Fsp3) is 0.471. The largest absolute Gasteiger partial charge is 0.368 e. The number of halogens is 1. The van der Waals surface area contributed by atoms with Crippen LogP contribution in [0.25, 0.3) is 0 Å². The lowest BCUT2D eigenvalue weighted by atomic mass is 10.2. The van der Waals surface area contributed by atoms with Gasteiger partial charge in [0, 0.05) is 38.4 Å². The van der Waals surface area contributed by atoms with Gasteiger partial charge in [0.1, 0.15) is 5.82 Å². The first-order valence-corrected chi connectivity index (χ1v) is 8.45. The molecule has 1 aromatic heterocycles. The molecule has 1 aliphatic rings. The van der Waals surface area contributed by atoms with E-state index in [9.17, 15) is 4.39 Å². The highest BCUT2D eigenvalue weighted by Crippen LogP contribution is 2.19. The van der Waals surface area contributed by atoms with Gasteiger partial charge >= 0.3 is 0 Å². The van der Waals surface area contributed by atoms with Gasteiger partial charge in [0.25, 0.3) is 0 Å². The van der Waals surface area contributed by atoms with Gasteiger partial charge in [0.2, 0.25) is 5.95 Å². The van der Waals surface area contributed by atoms with E-state index in [4.69, 9.17) is 0 Å². The van der Waals surface area contributed by atoms with Crippen molar-refractivity contribution in [3.63, 3.8) is 0 Å². The molecule has 0 unspecified atom stereocenters. The van der Waals surface area contributed by atoms with Gasteiger partial charge < -0.3 is 15.1 Å². The Kier molecular flexibility index (Phi) is 5.40. The molecule has 1 saturated heterocycles. The maximum atomic E-state index is 13.0. The number of anilines is 3. The number of piperazine rings is 1. The van der Waals surface area contributed by atoms with E-state index in [1.54, 1.807) is 6.20 Å². The number of rotatable bonds is 6. The van der Waals surface area contributed by atoms with Gasteiger partial charge in [-0.25, -0.2) is 4.39 Å². The van der Waals surface area contributed by atoms with Crippen molar-refractivity contribution < 1.29 is 4.39 Å². The van der Waals surface area contributed by atoms with Crippen LogP contribution in [0.15, 0.2) is 30.5 Å². The van der Waals surface area contributed by atoms with Crippen molar-refractivity contribution in [2.45, 2.75) is 19.8 Å². The molecule has 0 amide bonds. The van der Waals surface area contributed by atoms with Gasteiger partial charge in [-0.3, -0.25) is 0 Å². The van der Waals surface area contributed by atoms with Gasteiger partial charge in [0.15, 0.2) is 5.82 Å². The average Bonchev–Trinajstić information content (AvgIpc) is 2.63. The summed E-state index contributed by atoms with van der Waals surface area (Å²) in [5, 5.41) is 11.3. The summed E-state index contributed by atoms with van der Waals surface area (Å²) in [6.07, 6.45) is 3.92. The van der Waals surface area contributed by atoms with Crippen LogP contribution in [0.2, 0.25) is 0 Å². The van der Waals surface area contributed by atoms with E-state index >= 15 is 0 Å². The molecule has 2 aromatic rings. The molecule has 128 valence electrons. The lowest BCUT2D eigenvalue weighted by Gasteiger charge is -2.36. The van der Waals surface area contributed by atoms with E-state index in [1.165, 1.54) is 12.1 Å². The Hall–Kier alpha value is -2.44. The van der Waals surface area contributed by atoms with Crippen LogP contribution in [-0.4, -0.2) is 47.9 Å². The number of hydrogen-bond donors (Lipinski definition) is 1. The number of hydrogen-bond acceptors (Lipinski definition) is 6. The van der Waals surface area contributed by atoms with Gasteiger partial charge in [-0.1, -0.05) is 13.3 Å². The van der Waals surface area contributed by atoms with E-state index in [1.807, 2.05) is 12.1 Å². The van der Waals surface area contributed by atoms with Crippen LogP contribution >= 0.6 is 0 Å². The number of benzene rings is 1. The molecule has 0 saturated carbocycles. The number of aromatic nitrogens is 3. The van der Waals surface area contributed by atoms with Crippen molar-refractivity contribution in [3.05, 3.63) is 36.3 Å². The summed E-state index contributed by atoms with van der Waals surface area (Å²) >= 11 is 0. The maximum Gasteiger partial charge on any atom is 0.244 e. The van der Waals surface area contributed by atoms with Gasteiger partial charge in [-0.05, 0) is 30.7 Å². The highest BCUT2D eigenvalue weighted by Gasteiger charge is 2.19. The van der Waals surface area contributed by atoms with Crippen molar-refractivity contribution in [1.29, 1.82) is 0 Å². The maximum absolute atomic E-state index is 13.0. The molecule has 1 aliphatic heterocycles. The molecule has 1 aromatic carbocycles. The summed E-state index contributed by atoms with van der Waals surface area (Å²) in [6, 6.07) is 6.66. The molecule has 7 heteroatoms. The van der Waals surface area contributed by atoms with Crippen molar-refractivity contribution in [2.24, 2.45) is 0 Å². The first-order valence-electron chi connectivity index (χ1n) is 8.45. The Morgan fingerprint density at radius 3 is 2.50 bits per heavy atom. The van der Waals surface area contributed by atoms with E-state index < -0.39 is 0 Å². The van der Waals surface area contributed by atoms with Crippen LogP contribution in [0.1, 0.15) is 19.8 Å². The molecule has 2 heterocycles. The van der Waals surface area contributed by atoms with Crippen LogP contribution in [0, 0.1) is 5.82 Å². The Morgan fingerprint density at radius 2 is 1.79 bits per heavy atom. The summed E-state index contributed by atoms with van der Waals surface area (Å²) in [5.74, 6) is 1.23. The molecule has 24 heavy (non-hydrogen) atoms. The fourth-order valence-electron chi connectivity index (χ4n) is 2.74. The second kappa shape index (κ2) is 7.90. The Morgan fingerprint density at radius 1 is 1.08 bits per heavy atom. The minimum atomic E-state index is -0.201. The lowest BCUT2D eigenvalue weighted by Crippen LogP contribution is -2.47. The molecular weight excluding hydrogens is 307 g/mol. The SMILES string of the molecule is CCCCNc1nncc(N2CCN(c3ccc(F)cc3)CC2)n1. The third kappa shape index (κ3) is 4.10. The normalized spacial score (nSPS) is 14.8. The summed E-state index contributed by atoms with van der Waals surface area (Å²) in [7, 11) is 0.